The number of thiocarbonyl (C=S) groups is 1. The summed E-state index contributed by atoms with van der Waals surface area (Å²) < 4.78 is 24.2. The maximum Gasteiger partial charge on any atom is 0.135 e. The predicted molar refractivity (Wildman–Crippen MR) is 82.8 cm³/mol. The van der Waals surface area contributed by atoms with Crippen LogP contribution in [0.2, 0.25) is 0 Å². The van der Waals surface area contributed by atoms with E-state index in [2.05, 4.69) is 0 Å². The second kappa shape index (κ2) is 8.14. The van der Waals surface area contributed by atoms with Crippen molar-refractivity contribution in [1.29, 1.82) is 0 Å². The van der Waals surface area contributed by atoms with Crippen molar-refractivity contribution in [2.24, 2.45) is 5.73 Å². The van der Waals surface area contributed by atoms with Crippen molar-refractivity contribution in [3.8, 4) is 0 Å². The first-order chi connectivity index (χ1) is 9.51. The number of methoxy groups -OCH3 is 2. The highest BCUT2D eigenvalue weighted by atomic mass is 32.1. The lowest BCUT2D eigenvalue weighted by Crippen LogP contribution is -2.38. The van der Waals surface area contributed by atoms with Crippen LogP contribution in [-0.4, -0.2) is 45.0 Å². The van der Waals surface area contributed by atoms with E-state index in [-0.39, 0.29) is 16.6 Å². The van der Waals surface area contributed by atoms with E-state index in [1.807, 2.05) is 11.8 Å². The molecule has 0 aliphatic carbocycles. The third kappa shape index (κ3) is 4.40. The Morgan fingerprint density at radius 2 is 2.10 bits per heavy atom. The van der Waals surface area contributed by atoms with Crippen LogP contribution >= 0.6 is 12.2 Å². The second-order valence-corrected chi connectivity index (χ2v) is 4.96. The average molecular weight is 300 g/mol. The van der Waals surface area contributed by atoms with Crippen molar-refractivity contribution >= 4 is 22.9 Å². The standard InChI is InChI=1S/C14H21FN2O2S/c1-10(9-19-3)17(6-7-18-2)11-4-5-12(14(16)20)13(15)8-11/h4-5,8,10H,6-7,9H2,1-3H3,(H2,16,20). The van der Waals surface area contributed by atoms with Crippen LogP contribution in [0.1, 0.15) is 12.5 Å². The normalized spacial score (nSPS) is 12.2. The SMILES string of the molecule is COCCN(c1ccc(C(N)=S)c(F)c1)C(C)COC. The molecule has 2 N–H and O–H groups in total. The van der Waals surface area contributed by atoms with Crippen LogP contribution in [0.3, 0.4) is 0 Å². The first kappa shape index (κ1) is 16.8. The Balaban J connectivity index is 3.00. The minimum Gasteiger partial charge on any atom is -0.389 e. The van der Waals surface area contributed by atoms with E-state index < -0.39 is 5.82 Å². The third-order valence-corrected chi connectivity index (χ3v) is 3.25. The highest BCUT2D eigenvalue weighted by Gasteiger charge is 2.16. The van der Waals surface area contributed by atoms with Gasteiger partial charge in [-0.05, 0) is 25.1 Å². The molecule has 0 bridgehead atoms. The van der Waals surface area contributed by atoms with Gasteiger partial charge in [-0.1, -0.05) is 12.2 Å². The molecule has 0 heterocycles. The fraction of sp³-hybridized carbons (Fsp3) is 0.500. The number of nitrogens with two attached hydrogens (primary N) is 1. The topological polar surface area (TPSA) is 47.7 Å². The zero-order valence-corrected chi connectivity index (χ0v) is 12.9. The van der Waals surface area contributed by atoms with Gasteiger partial charge >= 0.3 is 0 Å². The van der Waals surface area contributed by atoms with E-state index in [0.29, 0.717) is 19.8 Å². The highest BCUT2D eigenvalue weighted by Crippen LogP contribution is 2.21. The summed E-state index contributed by atoms with van der Waals surface area (Å²) in [5, 5.41) is 0. The molecule has 4 nitrogen and oxygen atoms in total. The average Bonchev–Trinajstić information content (AvgIpc) is 2.39. The fourth-order valence-electron chi connectivity index (χ4n) is 2.01. The van der Waals surface area contributed by atoms with Gasteiger partial charge in [-0.2, -0.15) is 0 Å². The number of benzene rings is 1. The molecule has 0 amide bonds. The molecule has 0 saturated heterocycles. The van der Waals surface area contributed by atoms with E-state index in [1.165, 1.54) is 6.07 Å². The van der Waals surface area contributed by atoms with E-state index >= 15 is 0 Å². The molecule has 0 radical (unpaired) electrons. The van der Waals surface area contributed by atoms with Crippen molar-refractivity contribution in [3.05, 3.63) is 29.6 Å². The van der Waals surface area contributed by atoms with Crippen molar-refractivity contribution in [2.75, 3.05) is 38.9 Å². The number of hydrogen-bond donors (Lipinski definition) is 1. The van der Waals surface area contributed by atoms with Gasteiger partial charge in [-0.3, -0.25) is 0 Å². The Morgan fingerprint density at radius 1 is 1.40 bits per heavy atom. The minimum absolute atomic E-state index is 0.0578. The van der Waals surface area contributed by atoms with Crippen LogP contribution in [0, 0.1) is 5.82 Å². The van der Waals surface area contributed by atoms with Crippen molar-refractivity contribution in [1.82, 2.24) is 0 Å². The molecule has 1 aromatic rings. The molecule has 20 heavy (non-hydrogen) atoms. The molecule has 0 fully saturated rings. The van der Waals surface area contributed by atoms with Gasteiger partial charge < -0.3 is 20.1 Å². The summed E-state index contributed by atoms with van der Waals surface area (Å²) in [6.07, 6.45) is 0. The van der Waals surface area contributed by atoms with Gasteiger partial charge in [-0.15, -0.1) is 0 Å². The first-order valence-corrected chi connectivity index (χ1v) is 6.76. The Morgan fingerprint density at radius 3 is 2.60 bits per heavy atom. The number of rotatable bonds is 8. The minimum atomic E-state index is -0.415. The van der Waals surface area contributed by atoms with Crippen LogP contribution in [-0.2, 0) is 9.47 Å². The molecule has 6 heteroatoms. The fourth-order valence-corrected chi connectivity index (χ4v) is 2.17. The molecule has 1 unspecified atom stereocenters. The lowest BCUT2D eigenvalue weighted by atomic mass is 10.1. The van der Waals surface area contributed by atoms with Gasteiger partial charge in [0.05, 0.1) is 13.2 Å². The lowest BCUT2D eigenvalue weighted by Gasteiger charge is -2.31. The van der Waals surface area contributed by atoms with Crippen molar-refractivity contribution < 1.29 is 13.9 Å². The highest BCUT2D eigenvalue weighted by molar-refractivity contribution is 7.80. The number of ether oxygens (including phenoxy) is 2. The van der Waals surface area contributed by atoms with Crippen LogP contribution in [0.5, 0.6) is 0 Å². The monoisotopic (exact) mass is 300 g/mol. The van der Waals surface area contributed by atoms with Gasteiger partial charge in [0.1, 0.15) is 10.8 Å². The molecule has 112 valence electrons. The van der Waals surface area contributed by atoms with Crippen molar-refractivity contribution in [2.45, 2.75) is 13.0 Å². The largest absolute Gasteiger partial charge is 0.389 e. The Hall–Kier alpha value is -1.24. The third-order valence-electron chi connectivity index (χ3n) is 3.03. The van der Waals surface area contributed by atoms with Crippen LogP contribution in [0.15, 0.2) is 18.2 Å². The number of nitrogens with zero attached hydrogens (tertiary/aromatic N) is 1. The van der Waals surface area contributed by atoms with Crippen LogP contribution in [0.25, 0.3) is 0 Å². The van der Waals surface area contributed by atoms with Gasteiger partial charge in [0.25, 0.3) is 0 Å². The molecule has 0 spiro atoms. The summed E-state index contributed by atoms with van der Waals surface area (Å²) in [5.41, 5.74) is 6.48. The number of anilines is 1. The Kier molecular flexibility index (Phi) is 6.84. The second-order valence-electron chi connectivity index (χ2n) is 4.52. The molecule has 1 rings (SSSR count). The molecular weight excluding hydrogens is 279 g/mol. The molecule has 0 aliphatic rings. The molecule has 0 aromatic heterocycles. The van der Waals surface area contributed by atoms with E-state index in [0.717, 1.165) is 5.69 Å². The zero-order valence-electron chi connectivity index (χ0n) is 12.1. The van der Waals surface area contributed by atoms with Crippen LogP contribution in [0.4, 0.5) is 10.1 Å². The quantitative estimate of drug-likeness (QED) is 0.744. The summed E-state index contributed by atoms with van der Waals surface area (Å²) >= 11 is 4.81. The maximum absolute atomic E-state index is 14.0. The Bertz CT molecular complexity index is 457. The number of hydrogen-bond acceptors (Lipinski definition) is 4. The summed E-state index contributed by atoms with van der Waals surface area (Å²) in [6.45, 7) is 3.75. The summed E-state index contributed by atoms with van der Waals surface area (Å²) in [7, 11) is 3.28. The molecule has 0 saturated carbocycles. The van der Waals surface area contributed by atoms with Gasteiger partial charge in [-0.25, -0.2) is 4.39 Å². The predicted octanol–water partition coefficient (Wildman–Crippen LogP) is 1.95. The molecule has 1 aromatic carbocycles. The smallest absolute Gasteiger partial charge is 0.135 e. The summed E-state index contributed by atoms with van der Waals surface area (Å²) in [5.74, 6) is -0.415. The summed E-state index contributed by atoms with van der Waals surface area (Å²) in [6, 6.07) is 4.95. The summed E-state index contributed by atoms with van der Waals surface area (Å²) in [4.78, 5) is 2.09. The molecular formula is C14H21FN2O2S. The van der Waals surface area contributed by atoms with E-state index in [4.69, 9.17) is 27.4 Å². The molecule has 1 atom stereocenters. The zero-order chi connectivity index (χ0) is 15.1. The van der Waals surface area contributed by atoms with Gasteiger partial charge in [0.15, 0.2) is 0 Å². The van der Waals surface area contributed by atoms with E-state index in [1.54, 1.807) is 26.4 Å². The van der Waals surface area contributed by atoms with Crippen LogP contribution < -0.4 is 10.6 Å². The van der Waals surface area contributed by atoms with E-state index in [9.17, 15) is 4.39 Å². The van der Waals surface area contributed by atoms with Gasteiger partial charge in [0, 0.05) is 38.1 Å². The van der Waals surface area contributed by atoms with Gasteiger partial charge in [0.2, 0.25) is 0 Å². The van der Waals surface area contributed by atoms with Crippen molar-refractivity contribution in [3.63, 3.8) is 0 Å². The maximum atomic E-state index is 14.0. The molecule has 0 aliphatic heterocycles. The lowest BCUT2D eigenvalue weighted by molar-refractivity contribution is 0.171. The number of halogens is 1. The first-order valence-electron chi connectivity index (χ1n) is 6.35. The Labute approximate surface area is 124 Å².